The predicted molar refractivity (Wildman–Crippen MR) is 60.7 cm³/mol. The van der Waals surface area contributed by atoms with E-state index in [1.165, 1.54) is 0 Å². The third kappa shape index (κ3) is 4.04. The van der Waals surface area contributed by atoms with E-state index in [1.54, 1.807) is 6.07 Å². The van der Waals surface area contributed by atoms with Gasteiger partial charge in [-0.3, -0.25) is 4.52 Å². The van der Waals surface area contributed by atoms with Gasteiger partial charge in [0, 0.05) is 6.54 Å². The Balaban J connectivity index is 2.90. The standard InChI is InChI=1S/C10H16NO4P/c1-2-8-4-3-5-9(6-8)10(7-11)15-16(12,13)14/h3-6,10H,2,7,11H2,1H3,(H2,12,13,14). The largest absolute Gasteiger partial charge is 0.470 e. The highest BCUT2D eigenvalue weighted by atomic mass is 31.2. The number of hydrogen-bond acceptors (Lipinski definition) is 3. The average Bonchev–Trinajstić information content (AvgIpc) is 2.25. The van der Waals surface area contributed by atoms with E-state index in [0.717, 1.165) is 12.0 Å². The van der Waals surface area contributed by atoms with E-state index in [1.807, 2.05) is 25.1 Å². The fraction of sp³-hybridized carbons (Fsp3) is 0.400. The molecule has 4 N–H and O–H groups in total. The lowest BCUT2D eigenvalue weighted by atomic mass is 10.0. The average molecular weight is 245 g/mol. The van der Waals surface area contributed by atoms with Crippen LogP contribution in [0.5, 0.6) is 0 Å². The van der Waals surface area contributed by atoms with Crippen molar-refractivity contribution in [3.8, 4) is 0 Å². The van der Waals surface area contributed by atoms with Crippen molar-refractivity contribution in [2.75, 3.05) is 6.54 Å². The smallest absolute Gasteiger partial charge is 0.328 e. The highest BCUT2D eigenvalue weighted by Crippen LogP contribution is 2.41. The number of phosphoric acid groups is 1. The molecule has 0 saturated heterocycles. The Bertz CT molecular complexity index is 390. The molecule has 0 spiro atoms. The van der Waals surface area contributed by atoms with Gasteiger partial charge in [-0.1, -0.05) is 31.2 Å². The van der Waals surface area contributed by atoms with Crippen LogP contribution in [0.1, 0.15) is 24.2 Å². The summed E-state index contributed by atoms with van der Waals surface area (Å²) in [7, 11) is -4.51. The Labute approximate surface area is 94.5 Å². The van der Waals surface area contributed by atoms with Crippen LogP contribution >= 0.6 is 7.82 Å². The molecule has 0 fully saturated rings. The summed E-state index contributed by atoms with van der Waals surface area (Å²) in [6.45, 7) is 2.03. The minimum Gasteiger partial charge on any atom is -0.328 e. The van der Waals surface area contributed by atoms with Crippen LogP contribution < -0.4 is 5.73 Å². The summed E-state index contributed by atoms with van der Waals surface area (Å²) in [5.74, 6) is 0. The maximum Gasteiger partial charge on any atom is 0.470 e. The molecule has 1 unspecified atom stereocenters. The zero-order valence-electron chi connectivity index (χ0n) is 9.04. The molecule has 90 valence electrons. The van der Waals surface area contributed by atoms with E-state index in [2.05, 4.69) is 4.52 Å². The molecule has 6 heteroatoms. The SMILES string of the molecule is CCc1cccc(C(CN)OP(=O)(O)O)c1. The zero-order valence-corrected chi connectivity index (χ0v) is 9.93. The van der Waals surface area contributed by atoms with Gasteiger partial charge < -0.3 is 15.5 Å². The van der Waals surface area contributed by atoms with E-state index in [-0.39, 0.29) is 6.54 Å². The van der Waals surface area contributed by atoms with Gasteiger partial charge in [-0.05, 0) is 17.5 Å². The van der Waals surface area contributed by atoms with Crippen molar-refractivity contribution < 1.29 is 18.9 Å². The first-order valence-electron chi connectivity index (χ1n) is 4.99. The fourth-order valence-corrected chi connectivity index (χ4v) is 1.96. The molecule has 16 heavy (non-hydrogen) atoms. The summed E-state index contributed by atoms with van der Waals surface area (Å²) in [4.78, 5) is 17.5. The molecule has 0 aliphatic heterocycles. The zero-order chi connectivity index (χ0) is 12.2. The molecule has 5 nitrogen and oxygen atoms in total. The number of hydrogen-bond donors (Lipinski definition) is 3. The monoisotopic (exact) mass is 245 g/mol. The second-order valence-electron chi connectivity index (χ2n) is 3.42. The van der Waals surface area contributed by atoms with E-state index in [0.29, 0.717) is 5.56 Å². The molecule has 0 amide bonds. The van der Waals surface area contributed by atoms with E-state index < -0.39 is 13.9 Å². The van der Waals surface area contributed by atoms with Crippen molar-refractivity contribution in [1.82, 2.24) is 0 Å². The molecule has 0 bridgehead atoms. The third-order valence-electron chi connectivity index (χ3n) is 2.21. The van der Waals surface area contributed by atoms with Gasteiger partial charge in [-0.2, -0.15) is 0 Å². The molecular weight excluding hydrogens is 229 g/mol. The molecule has 1 atom stereocenters. The van der Waals surface area contributed by atoms with Crippen molar-refractivity contribution in [1.29, 1.82) is 0 Å². The molecule has 0 heterocycles. The van der Waals surface area contributed by atoms with E-state index in [4.69, 9.17) is 15.5 Å². The topological polar surface area (TPSA) is 92.8 Å². The summed E-state index contributed by atoms with van der Waals surface area (Å²) >= 11 is 0. The van der Waals surface area contributed by atoms with Gasteiger partial charge in [-0.15, -0.1) is 0 Å². The quantitative estimate of drug-likeness (QED) is 0.681. The highest BCUT2D eigenvalue weighted by molar-refractivity contribution is 7.46. The molecule has 0 aliphatic carbocycles. The lowest BCUT2D eigenvalue weighted by Gasteiger charge is -2.17. The lowest BCUT2D eigenvalue weighted by Crippen LogP contribution is -2.15. The first kappa shape index (κ1) is 13.4. The molecule has 0 saturated carbocycles. The molecule has 0 aromatic heterocycles. The Morgan fingerprint density at radius 3 is 2.69 bits per heavy atom. The van der Waals surface area contributed by atoms with Crippen LogP contribution in [0.25, 0.3) is 0 Å². The van der Waals surface area contributed by atoms with Crippen LogP contribution in [0.2, 0.25) is 0 Å². The van der Waals surface area contributed by atoms with Gasteiger partial charge in [0.2, 0.25) is 0 Å². The van der Waals surface area contributed by atoms with Crippen LogP contribution in [0.15, 0.2) is 24.3 Å². The second-order valence-corrected chi connectivity index (χ2v) is 4.61. The van der Waals surface area contributed by atoms with E-state index >= 15 is 0 Å². The van der Waals surface area contributed by atoms with Crippen molar-refractivity contribution in [3.63, 3.8) is 0 Å². The van der Waals surface area contributed by atoms with Crippen molar-refractivity contribution in [3.05, 3.63) is 35.4 Å². The third-order valence-corrected chi connectivity index (χ3v) is 2.74. The van der Waals surface area contributed by atoms with Gasteiger partial charge in [0.25, 0.3) is 0 Å². The summed E-state index contributed by atoms with van der Waals surface area (Å²) in [5.41, 5.74) is 7.19. The molecule has 0 aliphatic rings. The molecule has 0 radical (unpaired) electrons. The summed E-state index contributed by atoms with van der Waals surface area (Å²) in [6.07, 6.45) is 0.0773. The van der Waals surface area contributed by atoms with Gasteiger partial charge in [0.05, 0.1) is 0 Å². The van der Waals surface area contributed by atoms with Crippen LogP contribution in [0.3, 0.4) is 0 Å². The number of nitrogens with two attached hydrogens (primary N) is 1. The van der Waals surface area contributed by atoms with Crippen LogP contribution in [-0.4, -0.2) is 16.3 Å². The van der Waals surface area contributed by atoms with Crippen LogP contribution in [-0.2, 0) is 15.5 Å². The molecule has 1 aromatic rings. The van der Waals surface area contributed by atoms with Gasteiger partial charge >= 0.3 is 7.82 Å². The maximum absolute atomic E-state index is 10.7. The second kappa shape index (κ2) is 5.57. The fourth-order valence-electron chi connectivity index (χ4n) is 1.42. The first-order chi connectivity index (χ1) is 7.46. The Morgan fingerprint density at radius 2 is 2.19 bits per heavy atom. The minimum atomic E-state index is -4.51. The number of aryl methyl sites for hydroxylation is 1. The van der Waals surface area contributed by atoms with Gasteiger partial charge in [0.1, 0.15) is 6.10 Å². The number of rotatable bonds is 5. The Kier molecular flexibility index (Phi) is 4.65. The number of benzene rings is 1. The van der Waals surface area contributed by atoms with Gasteiger partial charge in [0.15, 0.2) is 0 Å². The maximum atomic E-state index is 10.7. The van der Waals surface area contributed by atoms with Crippen LogP contribution in [0.4, 0.5) is 0 Å². The molecule has 1 aromatic carbocycles. The highest BCUT2D eigenvalue weighted by Gasteiger charge is 2.22. The Hall–Kier alpha value is -0.710. The van der Waals surface area contributed by atoms with E-state index in [9.17, 15) is 4.57 Å². The Morgan fingerprint density at radius 1 is 1.50 bits per heavy atom. The van der Waals surface area contributed by atoms with Crippen molar-refractivity contribution in [2.45, 2.75) is 19.4 Å². The summed E-state index contributed by atoms with van der Waals surface area (Å²) in [5, 5.41) is 0. The minimum absolute atomic E-state index is 0.0261. The molecular formula is C10H16NO4P. The number of phosphoric ester groups is 1. The predicted octanol–water partition coefficient (Wildman–Crippen LogP) is 1.36. The summed E-state index contributed by atoms with van der Waals surface area (Å²) in [6, 6.07) is 7.34. The lowest BCUT2D eigenvalue weighted by molar-refractivity contribution is 0.139. The van der Waals surface area contributed by atoms with Crippen molar-refractivity contribution >= 4 is 7.82 Å². The van der Waals surface area contributed by atoms with Crippen LogP contribution in [0, 0.1) is 0 Å². The first-order valence-corrected chi connectivity index (χ1v) is 6.52. The molecule has 1 rings (SSSR count). The summed E-state index contributed by atoms with van der Waals surface area (Å²) < 4.78 is 15.4. The van der Waals surface area contributed by atoms with Crippen molar-refractivity contribution in [2.24, 2.45) is 5.73 Å². The van der Waals surface area contributed by atoms with Gasteiger partial charge in [-0.25, -0.2) is 4.57 Å². The normalized spacial score (nSPS) is 13.8.